The smallest absolute Gasteiger partial charge is 0.306 e. The average Bonchev–Trinajstić information content (AvgIpc) is 2.95. The maximum atomic E-state index is 12.2. The van der Waals surface area contributed by atoms with Crippen LogP contribution >= 0.6 is 0 Å². The fourth-order valence-electron chi connectivity index (χ4n) is 3.03. The number of nitrogens with zero attached hydrogens (tertiary/aromatic N) is 1. The van der Waals surface area contributed by atoms with E-state index < -0.39 is 28.0 Å². The zero-order chi connectivity index (χ0) is 14.9. The first-order chi connectivity index (χ1) is 9.29. The number of nitrogens with one attached hydrogen (secondary N) is 1. The molecule has 114 valence electrons. The molecular weight excluding hydrogens is 284 g/mol. The number of amides is 1. The van der Waals surface area contributed by atoms with Crippen molar-refractivity contribution < 1.29 is 23.1 Å². The van der Waals surface area contributed by atoms with E-state index >= 15 is 0 Å². The largest absolute Gasteiger partial charge is 0.481 e. The molecule has 0 aromatic rings. The lowest BCUT2D eigenvalue weighted by atomic mass is 10.1. The molecule has 2 aliphatic rings. The van der Waals surface area contributed by atoms with Crippen LogP contribution in [0.2, 0.25) is 0 Å². The second kappa shape index (κ2) is 5.69. The Hall–Kier alpha value is -1.15. The molecule has 1 saturated carbocycles. The second-order valence-corrected chi connectivity index (χ2v) is 7.52. The fourth-order valence-corrected chi connectivity index (χ4v) is 4.16. The minimum absolute atomic E-state index is 0.161. The second-order valence-electron chi connectivity index (χ2n) is 5.59. The Morgan fingerprint density at radius 1 is 1.25 bits per heavy atom. The van der Waals surface area contributed by atoms with Crippen LogP contribution in [0.15, 0.2) is 0 Å². The monoisotopic (exact) mass is 304 g/mol. The molecule has 1 heterocycles. The SMILES string of the molecule is CS(=O)(=O)N1CCCC1C(=O)NC1CCC(C(=O)O)C1. The summed E-state index contributed by atoms with van der Waals surface area (Å²) < 4.78 is 24.4. The van der Waals surface area contributed by atoms with Gasteiger partial charge in [0.2, 0.25) is 15.9 Å². The van der Waals surface area contributed by atoms with Crippen molar-refractivity contribution in [2.24, 2.45) is 5.92 Å². The van der Waals surface area contributed by atoms with Gasteiger partial charge in [-0.15, -0.1) is 0 Å². The van der Waals surface area contributed by atoms with Crippen LogP contribution in [0.25, 0.3) is 0 Å². The van der Waals surface area contributed by atoms with E-state index in [0.29, 0.717) is 38.6 Å². The maximum absolute atomic E-state index is 12.2. The number of carbonyl (C=O) groups excluding carboxylic acids is 1. The van der Waals surface area contributed by atoms with Crippen molar-refractivity contribution >= 4 is 21.9 Å². The van der Waals surface area contributed by atoms with Gasteiger partial charge in [0.25, 0.3) is 0 Å². The number of hydrogen-bond donors (Lipinski definition) is 2. The minimum Gasteiger partial charge on any atom is -0.481 e. The van der Waals surface area contributed by atoms with E-state index in [1.165, 1.54) is 4.31 Å². The van der Waals surface area contributed by atoms with Crippen LogP contribution in [0.1, 0.15) is 32.1 Å². The van der Waals surface area contributed by atoms with E-state index in [4.69, 9.17) is 5.11 Å². The molecule has 0 aromatic heterocycles. The van der Waals surface area contributed by atoms with Crippen molar-refractivity contribution in [1.82, 2.24) is 9.62 Å². The summed E-state index contributed by atoms with van der Waals surface area (Å²) in [6.07, 6.45) is 3.91. The van der Waals surface area contributed by atoms with E-state index in [9.17, 15) is 18.0 Å². The lowest BCUT2D eigenvalue weighted by Gasteiger charge is -2.23. The van der Waals surface area contributed by atoms with Gasteiger partial charge < -0.3 is 10.4 Å². The molecule has 0 aromatic carbocycles. The number of hydrogen-bond acceptors (Lipinski definition) is 4. The molecule has 0 spiro atoms. The third-order valence-corrected chi connectivity index (χ3v) is 5.35. The number of carboxylic acids is 1. The normalized spacial score (nSPS) is 31.4. The van der Waals surface area contributed by atoms with Crippen LogP contribution in [0, 0.1) is 5.92 Å². The van der Waals surface area contributed by atoms with Gasteiger partial charge in [0, 0.05) is 12.6 Å². The number of aliphatic carboxylic acids is 1. The Morgan fingerprint density at radius 2 is 1.95 bits per heavy atom. The average molecular weight is 304 g/mol. The molecule has 1 saturated heterocycles. The molecule has 7 nitrogen and oxygen atoms in total. The molecule has 3 atom stereocenters. The Morgan fingerprint density at radius 3 is 2.50 bits per heavy atom. The topological polar surface area (TPSA) is 104 Å². The van der Waals surface area contributed by atoms with Crippen molar-refractivity contribution in [3.63, 3.8) is 0 Å². The number of carbonyl (C=O) groups is 2. The molecule has 1 aliphatic carbocycles. The van der Waals surface area contributed by atoms with Crippen molar-refractivity contribution in [2.45, 2.75) is 44.2 Å². The lowest BCUT2D eigenvalue weighted by Crippen LogP contribution is -2.48. The Labute approximate surface area is 118 Å². The molecule has 8 heteroatoms. The summed E-state index contributed by atoms with van der Waals surface area (Å²) in [5.41, 5.74) is 0. The molecule has 1 amide bonds. The van der Waals surface area contributed by atoms with Gasteiger partial charge in [-0.25, -0.2) is 8.42 Å². The minimum atomic E-state index is -3.38. The van der Waals surface area contributed by atoms with Crippen LogP contribution in [0.3, 0.4) is 0 Å². The highest BCUT2D eigenvalue weighted by Gasteiger charge is 2.38. The van der Waals surface area contributed by atoms with Gasteiger partial charge in [0.15, 0.2) is 0 Å². The van der Waals surface area contributed by atoms with Crippen molar-refractivity contribution in [3.05, 3.63) is 0 Å². The molecule has 20 heavy (non-hydrogen) atoms. The highest BCUT2D eigenvalue weighted by atomic mass is 32.2. The summed E-state index contributed by atoms with van der Waals surface area (Å²) in [6.45, 7) is 0.374. The van der Waals surface area contributed by atoms with Crippen molar-refractivity contribution in [3.8, 4) is 0 Å². The van der Waals surface area contributed by atoms with Crippen LogP contribution < -0.4 is 5.32 Å². The Balaban J connectivity index is 1.94. The van der Waals surface area contributed by atoms with Crippen molar-refractivity contribution in [1.29, 1.82) is 0 Å². The van der Waals surface area contributed by atoms with Crippen LogP contribution in [0.5, 0.6) is 0 Å². The van der Waals surface area contributed by atoms with Crippen LogP contribution in [0.4, 0.5) is 0 Å². The summed E-state index contributed by atoms with van der Waals surface area (Å²) in [4.78, 5) is 23.0. The number of rotatable bonds is 4. The molecule has 2 rings (SSSR count). The first-order valence-corrected chi connectivity index (χ1v) is 8.64. The first kappa shape index (κ1) is 15.2. The van der Waals surface area contributed by atoms with E-state index in [1.54, 1.807) is 0 Å². The lowest BCUT2D eigenvalue weighted by molar-refractivity contribution is -0.141. The van der Waals surface area contributed by atoms with E-state index in [-0.39, 0.29) is 11.9 Å². The number of sulfonamides is 1. The Kier molecular flexibility index (Phi) is 4.33. The predicted octanol–water partition coefficient (Wildman–Crippen LogP) is -0.220. The van der Waals surface area contributed by atoms with Gasteiger partial charge >= 0.3 is 5.97 Å². The standard InChI is InChI=1S/C12H20N2O5S/c1-20(18,19)14-6-2-3-10(14)11(15)13-9-5-4-8(7-9)12(16)17/h8-10H,2-7H2,1H3,(H,13,15)(H,16,17). The van der Waals surface area contributed by atoms with Crippen LogP contribution in [-0.4, -0.2) is 54.6 Å². The van der Waals surface area contributed by atoms with Crippen LogP contribution in [-0.2, 0) is 19.6 Å². The van der Waals surface area contributed by atoms with Gasteiger partial charge in [-0.1, -0.05) is 0 Å². The van der Waals surface area contributed by atoms with Crippen molar-refractivity contribution in [2.75, 3.05) is 12.8 Å². The third-order valence-electron chi connectivity index (χ3n) is 4.06. The van der Waals surface area contributed by atoms with Gasteiger partial charge in [-0.3, -0.25) is 9.59 Å². The summed E-state index contributed by atoms with van der Waals surface area (Å²) in [5.74, 6) is -1.54. The summed E-state index contributed by atoms with van der Waals surface area (Å²) in [6, 6.07) is -0.806. The fraction of sp³-hybridized carbons (Fsp3) is 0.833. The van der Waals surface area contributed by atoms with Gasteiger partial charge in [-0.05, 0) is 32.1 Å². The van der Waals surface area contributed by atoms with Gasteiger partial charge in [0.1, 0.15) is 6.04 Å². The quantitative estimate of drug-likeness (QED) is 0.747. The van der Waals surface area contributed by atoms with E-state index in [0.717, 1.165) is 6.26 Å². The third kappa shape index (κ3) is 3.29. The maximum Gasteiger partial charge on any atom is 0.306 e. The van der Waals surface area contributed by atoms with E-state index in [1.807, 2.05) is 0 Å². The van der Waals surface area contributed by atoms with Gasteiger partial charge in [-0.2, -0.15) is 4.31 Å². The predicted molar refractivity (Wildman–Crippen MR) is 71.5 cm³/mol. The highest BCUT2D eigenvalue weighted by Crippen LogP contribution is 2.27. The molecule has 2 N–H and O–H groups in total. The zero-order valence-electron chi connectivity index (χ0n) is 11.4. The molecule has 0 radical (unpaired) electrons. The first-order valence-electron chi connectivity index (χ1n) is 6.79. The molecule has 3 unspecified atom stereocenters. The number of carboxylic acid groups (broad SMARTS) is 1. The van der Waals surface area contributed by atoms with E-state index in [2.05, 4.69) is 5.32 Å². The molecule has 1 aliphatic heterocycles. The molecular formula is C12H20N2O5S. The molecule has 0 bridgehead atoms. The summed E-state index contributed by atoms with van der Waals surface area (Å²) in [7, 11) is -3.38. The van der Waals surface area contributed by atoms with Gasteiger partial charge in [0.05, 0.1) is 12.2 Å². The highest BCUT2D eigenvalue weighted by molar-refractivity contribution is 7.88. The zero-order valence-corrected chi connectivity index (χ0v) is 12.2. The molecule has 2 fully saturated rings. The summed E-state index contributed by atoms with van der Waals surface area (Å²) in [5, 5.41) is 11.7. The Bertz CT molecular complexity index is 504. The summed E-state index contributed by atoms with van der Waals surface area (Å²) >= 11 is 0.